The van der Waals surface area contributed by atoms with Gasteiger partial charge in [-0.05, 0) is 6.07 Å². The van der Waals surface area contributed by atoms with E-state index < -0.39 is 28.1 Å². The summed E-state index contributed by atoms with van der Waals surface area (Å²) in [5, 5.41) is 38.4. The molecule has 0 unspecified atom stereocenters. The van der Waals surface area contributed by atoms with Gasteiger partial charge in [-0.3, -0.25) is 14.7 Å². The van der Waals surface area contributed by atoms with E-state index in [1.807, 2.05) is 0 Å². The number of hydrogen-bond donors (Lipinski definition) is 0. The molecule has 0 aromatic carbocycles. The lowest BCUT2D eigenvalue weighted by Gasteiger charge is -2.09. The van der Waals surface area contributed by atoms with Gasteiger partial charge in [-0.15, -0.1) is 5.10 Å². The zero-order valence-corrected chi connectivity index (χ0v) is 11.9. The van der Waals surface area contributed by atoms with Gasteiger partial charge < -0.3 is 14.1 Å². The van der Waals surface area contributed by atoms with Crippen LogP contribution in [-0.2, 0) is 14.1 Å². The Labute approximate surface area is 127 Å². The molecule has 12 nitrogen and oxygen atoms in total. The summed E-state index contributed by atoms with van der Waals surface area (Å²) >= 11 is 0. The van der Waals surface area contributed by atoms with Gasteiger partial charge in [0, 0.05) is 14.1 Å². The summed E-state index contributed by atoms with van der Waals surface area (Å²) < 4.78 is 6.52. The van der Waals surface area contributed by atoms with Crippen molar-refractivity contribution in [2.75, 3.05) is 0 Å². The first kappa shape index (κ1) is 15.6. The van der Waals surface area contributed by atoms with Crippen LogP contribution in [0.1, 0.15) is 5.76 Å². The maximum atomic E-state index is 11.8. The molecule has 2 aromatic heterocycles. The van der Waals surface area contributed by atoms with E-state index in [0.717, 1.165) is 21.4 Å². The molecule has 2 heterocycles. The van der Waals surface area contributed by atoms with E-state index in [9.17, 15) is 20.0 Å². The fraction of sp³-hybridized carbons (Fsp3) is 0.182. The second-order valence-electron chi connectivity index (χ2n) is 4.26. The molecule has 0 fully saturated rings. The summed E-state index contributed by atoms with van der Waals surface area (Å²) in [6, 6.07) is 2.42. The number of nitro groups is 1. The van der Waals surface area contributed by atoms with Crippen LogP contribution in [0.25, 0.3) is 4.98 Å². The van der Waals surface area contributed by atoms with Gasteiger partial charge in [-0.2, -0.15) is 5.10 Å². The van der Waals surface area contributed by atoms with Crippen LogP contribution in [-0.4, -0.2) is 20.3 Å². The molecular formula is C11H9N7O5. The molecule has 12 heteroatoms. The van der Waals surface area contributed by atoms with Gasteiger partial charge >= 0.3 is 17.3 Å². The van der Waals surface area contributed by atoms with E-state index in [-0.39, 0.29) is 11.2 Å². The zero-order valence-electron chi connectivity index (χ0n) is 11.9. The maximum Gasteiger partial charge on any atom is 0.437 e. The Kier molecular flexibility index (Phi) is 4.03. The van der Waals surface area contributed by atoms with Gasteiger partial charge in [0.05, 0.1) is 18.2 Å². The Morgan fingerprint density at radius 1 is 1.39 bits per heavy atom. The Balaban J connectivity index is 2.51. The van der Waals surface area contributed by atoms with Gasteiger partial charge in [0.1, 0.15) is 4.92 Å². The molecule has 118 valence electrons. The first-order chi connectivity index (χ1) is 10.9. The number of rotatable bonds is 3. The van der Waals surface area contributed by atoms with Crippen LogP contribution in [0.2, 0.25) is 0 Å². The molecule has 2 aromatic rings. The number of aromatic nitrogens is 2. The molecule has 2 rings (SSSR count). The van der Waals surface area contributed by atoms with Crippen LogP contribution >= 0.6 is 0 Å². The lowest BCUT2D eigenvalue weighted by atomic mass is 10.5. The van der Waals surface area contributed by atoms with Crippen LogP contribution in [0.5, 0.6) is 5.88 Å². The van der Waals surface area contributed by atoms with Gasteiger partial charge in [-0.25, -0.2) is 4.79 Å². The molecule has 23 heavy (non-hydrogen) atoms. The SMILES string of the molecule is Cn1c([O-])c([N+]#N)/c(=N\N=C/c2ccc([N+](=O)[O-])o2)n(C)c1=O. The van der Waals surface area contributed by atoms with Crippen LogP contribution in [0, 0.1) is 15.5 Å². The van der Waals surface area contributed by atoms with Crippen molar-refractivity contribution in [1.29, 1.82) is 5.39 Å². The summed E-state index contributed by atoms with van der Waals surface area (Å²) in [6.07, 6.45) is 1.04. The summed E-state index contributed by atoms with van der Waals surface area (Å²) in [6.45, 7) is 0. The topological polar surface area (TPSA) is 159 Å². The van der Waals surface area contributed by atoms with E-state index in [1.54, 1.807) is 0 Å². The fourth-order valence-electron chi connectivity index (χ4n) is 1.67. The van der Waals surface area contributed by atoms with Crippen molar-refractivity contribution < 1.29 is 14.4 Å². The summed E-state index contributed by atoms with van der Waals surface area (Å²) in [7, 11) is 2.52. The minimum atomic E-state index is -0.849. The molecule has 0 bridgehead atoms. The predicted octanol–water partition coefficient (Wildman–Crippen LogP) is -0.282. The van der Waals surface area contributed by atoms with E-state index in [1.165, 1.54) is 20.2 Å². The molecule has 0 aliphatic carbocycles. The van der Waals surface area contributed by atoms with Crippen LogP contribution in [0.15, 0.2) is 31.5 Å². The first-order valence-corrected chi connectivity index (χ1v) is 6.00. The van der Waals surface area contributed by atoms with Crippen molar-refractivity contribution in [3.63, 3.8) is 0 Å². The van der Waals surface area contributed by atoms with Gasteiger partial charge in [0.25, 0.3) is 5.49 Å². The average Bonchev–Trinajstić information content (AvgIpc) is 2.99. The van der Waals surface area contributed by atoms with Crippen LogP contribution < -0.4 is 16.3 Å². The third kappa shape index (κ3) is 2.83. The molecular weight excluding hydrogens is 310 g/mol. The van der Waals surface area contributed by atoms with E-state index >= 15 is 0 Å². The summed E-state index contributed by atoms with van der Waals surface area (Å²) in [5.74, 6) is -1.28. The second kappa shape index (κ2) is 5.93. The fourth-order valence-corrected chi connectivity index (χ4v) is 1.67. The zero-order chi connectivity index (χ0) is 17.1. The largest absolute Gasteiger partial charge is 0.854 e. The van der Waals surface area contributed by atoms with E-state index in [2.05, 4.69) is 15.2 Å². The highest BCUT2D eigenvalue weighted by Crippen LogP contribution is 2.15. The molecule has 0 radical (unpaired) electrons. The molecule has 0 amide bonds. The molecule has 0 saturated heterocycles. The second-order valence-corrected chi connectivity index (χ2v) is 4.26. The molecule has 0 N–H and O–H groups in total. The van der Waals surface area contributed by atoms with E-state index in [4.69, 9.17) is 9.81 Å². The lowest BCUT2D eigenvalue weighted by Crippen LogP contribution is -2.38. The average molecular weight is 319 g/mol. The lowest BCUT2D eigenvalue weighted by molar-refractivity contribution is -0.402. The summed E-state index contributed by atoms with van der Waals surface area (Å²) in [4.78, 5) is 24.4. The molecule has 0 spiro atoms. The van der Waals surface area contributed by atoms with Crippen LogP contribution in [0.3, 0.4) is 0 Å². The monoisotopic (exact) mass is 319 g/mol. The minimum absolute atomic E-state index is 0.0387. The highest BCUT2D eigenvalue weighted by molar-refractivity contribution is 5.76. The number of nitrogens with zero attached hydrogens (tertiary/aromatic N) is 7. The van der Waals surface area contributed by atoms with Gasteiger partial charge in [0.15, 0.2) is 10.7 Å². The highest BCUT2D eigenvalue weighted by Gasteiger charge is 2.18. The highest BCUT2D eigenvalue weighted by atomic mass is 16.6. The van der Waals surface area contributed by atoms with Crippen molar-refractivity contribution in [3.8, 4) is 5.88 Å². The van der Waals surface area contributed by atoms with Crippen LogP contribution in [0.4, 0.5) is 11.6 Å². The maximum absolute atomic E-state index is 11.8. The normalized spacial score (nSPS) is 11.8. The number of hydrogen-bond acceptors (Lipinski definition) is 8. The molecule has 0 atom stereocenters. The predicted molar refractivity (Wildman–Crippen MR) is 73.4 cm³/mol. The number of furan rings is 1. The third-order valence-electron chi connectivity index (χ3n) is 2.84. The quantitative estimate of drug-likeness (QED) is 0.327. The van der Waals surface area contributed by atoms with Crippen molar-refractivity contribution in [2.45, 2.75) is 0 Å². The molecule has 0 saturated carbocycles. The molecule has 0 aliphatic rings. The minimum Gasteiger partial charge on any atom is -0.854 e. The van der Waals surface area contributed by atoms with E-state index in [0.29, 0.717) is 0 Å². The van der Waals surface area contributed by atoms with Crippen molar-refractivity contribution in [2.24, 2.45) is 24.3 Å². The van der Waals surface area contributed by atoms with Gasteiger partial charge in [-0.1, -0.05) is 0 Å². The Morgan fingerprint density at radius 2 is 2.09 bits per heavy atom. The molecule has 0 aliphatic heterocycles. The number of diazo groups is 1. The Bertz CT molecular complexity index is 972. The smallest absolute Gasteiger partial charge is 0.437 e. The van der Waals surface area contributed by atoms with Crippen molar-refractivity contribution >= 4 is 17.8 Å². The standard InChI is InChI=1S/C11H9N7O5/c1-16-9(8(14-12)10(19)17(2)11(16)20)15-13-5-6-3-4-7(23-6)18(21)22/h3-5H,1-2H3/b13-5-. The third-order valence-corrected chi connectivity index (χ3v) is 2.84. The van der Waals surface area contributed by atoms with Crippen molar-refractivity contribution in [1.82, 2.24) is 9.13 Å². The van der Waals surface area contributed by atoms with Gasteiger partial charge in [0.2, 0.25) is 5.39 Å². The first-order valence-electron chi connectivity index (χ1n) is 6.00. The Morgan fingerprint density at radius 3 is 2.65 bits per heavy atom. The summed E-state index contributed by atoms with van der Waals surface area (Å²) in [5.41, 5.74) is -1.44. The van der Waals surface area contributed by atoms with Crippen molar-refractivity contribution in [3.05, 3.63) is 49.0 Å². The Hall–Kier alpha value is -3.75.